The van der Waals surface area contributed by atoms with Gasteiger partial charge in [0.05, 0.1) is 12.7 Å². The number of methoxy groups -OCH3 is 1. The van der Waals surface area contributed by atoms with Crippen LogP contribution in [0.2, 0.25) is 0 Å². The van der Waals surface area contributed by atoms with Gasteiger partial charge in [-0.25, -0.2) is 9.78 Å². The highest BCUT2D eigenvalue weighted by atomic mass is 79.9. The number of halogens is 1. The molecule has 0 radical (unpaired) electrons. The monoisotopic (exact) mass is 339 g/mol. The molecule has 0 aliphatic carbocycles. The number of rotatable bonds is 4. The number of carboxylic acids is 1. The number of hydrogen-bond acceptors (Lipinski definition) is 4. The van der Waals surface area contributed by atoms with E-state index in [1.54, 1.807) is 19.4 Å². The molecule has 1 aromatic heterocycles. The predicted molar refractivity (Wildman–Crippen MR) is 76.0 cm³/mol. The van der Waals surface area contributed by atoms with Gasteiger partial charge in [0.1, 0.15) is 10.8 Å². The van der Waals surface area contributed by atoms with Gasteiger partial charge in [-0.1, -0.05) is 11.8 Å². The summed E-state index contributed by atoms with van der Waals surface area (Å²) in [5.74, 6) is -0.239. The standard InChI is InChI=1S/C13H10BrNO3S/c1-18-9-2-4-10(5-3-9)19-12-11(13(16)17)6-8(14)7-15-12/h2-7H,1H3,(H,16,17). The van der Waals surface area contributed by atoms with E-state index >= 15 is 0 Å². The highest BCUT2D eigenvalue weighted by Crippen LogP contribution is 2.31. The number of benzene rings is 1. The van der Waals surface area contributed by atoms with Crippen molar-refractivity contribution < 1.29 is 14.6 Å². The van der Waals surface area contributed by atoms with Crippen LogP contribution in [0.3, 0.4) is 0 Å². The van der Waals surface area contributed by atoms with Crippen LogP contribution < -0.4 is 4.74 Å². The number of pyridine rings is 1. The van der Waals surface area contributed by atoms with Gasteiger partial charge < -0.3 is 9.84 Å². The Hall–Kier alpha value is -1.53. The molecule has 0 aliphatic rings. The molecule has 4 nitrogen and oxygen atoms in total. The lowest BCUT2D eigenvalue weighted by molar-refractivity contribution is 0.0692. The zero-order valence-corrected chi connectivity index (χ0v) is 12.4. The number of hydrogen-bond donors (Lipinski definition) is 1. The molecule has 1 heterocycles. The second kappa shape index (κ2) is 6.08. The van der Waals surface area contributed by atoms with Gasteiger partial charge in [0.15, 0.2) is 0 Å². The number of aromatic nitrogens is 1. The topological polar surface area (TPSA) is 59.4 Å². The largest absolute Gasteiger partial charge is 0.497 e. The van der Waals surface area contributed by atoms with Crippen LogP contribution in [0, 0.1) is 0 Å². The minimum Gasteiger partial charge on any atom is -0.497 e. The van der Waals surface area contributed by atoms with Crippen molar-refractivity contribution in [2.24, 2.45) is 0 Å². The van der Waals surface area contributed by atoms with Crippen molar-refractivity contribution in [1.29, 1.82) is 0 Å². The number of carboxylic acid groups (broad SMARTS) is 1. The quantitative estimate of drug-likeness (QED) is 0.920. The number of nitrogens with zero attached hydrogens (tertiary/aromatic N) is 1. The smallest absolute Gasteiger partial charge is 0.338 e. The van der Waals surface area contributed by atoms with Gasteiger partial charge >= 0.3 is 5.97 Å². The van der Waals surface area contributed by atoms with Gasteiger partial charge in [0.25, 0.3) is 0 Å². The molecule has 98 valence electrons. The van der Waals surface area contributed by atoms with Gasteiger partial charge in [0.2, 0.25) is 0 Å². The van der Waals surface area contributed by atoms with E-state index in [1.165, 1.54) is 11.8 Å². The third-order valence-electron chi connectivity index (χ3n) is 2.32. The van der Waals surface area contributed by atoms with E-state index in [0.29, 0.717) is 9.50 Å². The third-order valence-corrected chi connectivity index (χ3v) is 3.78. The zero-order valence-electron chi connectivity index (χ0n) is 9.96. The molecule has 2 aromatic rings. The van der Waals surface area contributed by atoms with Crippen molar-refractivity contribution in [3.05, 3.63) is 46.6 Å². The van der Waals surface area contributed by atoms with E-state index in [0.717, 1.165) is 10.6 Å². The van der Waals surface area contributed by atoms with Crippen LogP contribution in [0.15, 0.2) is 50.9 Å². The van der Waals surface area contributed by atoms with Crippen molar-refractivity contribution >= 4 is 33.7 Å². The Kier molecular flexibility index (Phi) is 4.44. The Morgan fingerprint density at radius 1 is 1.37 bits per heavy atom. The van der Waals surface area contributed by atoms with E-state index in [2.05, 4.69) is 20.9 Å². The first kappa shape index (κ1) is 13.9. The summed E-state index contributed by atoms with van der Waals surface area (Å²) in [7, 11) is 1.60. The van der Waals surface area contributed by atoms with Crippen molar-refractivity contribution in [2.75, 3.05) is 7.11 Å². The molecule has 2 rings (SSSR count). The summed E-state index contributed by atoms with van der Waals surface area (Å²) < 4.78 is 5.71. The molecule has 0 amide bonds. The Balaban J connectivity index is 2.29. The molecule has 0 unspecified atom stereocenters. The van der Waals surface area contributed by atoms with Gasteiger partial charge in [0, 0.05) is 15.6 Å². The first-order chi connectivity index (χ1) is 9.10. The molecule has 0 aliphatic heterocycles. The normalized spacial score (nSPS) is 10.2. The molecule has 0 saturated heterocycles. The second-order valence-electron chi connectivity index (χ2n) is 3.59. The predicted octanol–water partition coefficient (Wildman–Crippen LogP) is 3.70. The van der Waals surface area contributed by atoms with Crippen LogP contribution in [0.25, 0.3) is 0 Å². The molecular formula is C13H10BrNO3S. The van der Waals surface area contributed by atoms with Crippen molar-refractivity contribution in [2.45, 2.75) is 9.92 Å². The minimum atomic E-state index is -0.996. The van der Waals surface area contributed by atoms with Crippen molar-refractivity contribution in [1.82, 2.24) is 4.98 Å². The molecule has 19 heavy (non-hydrogen) atoms. The van der Waals surface area contributed by atoms with Gasteiger partial charge in [-0.3, -0.25) is 0 Å². The average molecular weight is 340 g/mol. The number of aromatic carboxylic acids is 1. The van der Waals surface area contributed by atoms with Gasteiger partial charge in [-0.15, -0.1) is 0 Å². The third kappa shape index (κ3) is 3.48. The zero-order chi connectivity index (χ0) is 13.8. The molecule has 1 N–H and O–H groups in total. The molecule has 6 heteroatoms. The summed E-state index contributed by atoms with van der Waals surface area (Å²) in [4.78, 5) is 16.2. The SMILES string of the molecule is COc1ccc(Sc2ncc(Br)cc2C(=O)O)cc1. The maximum absolute atomic E-state index is 11.2. The van der Waals surface area contributed by atoms with Gasteiger partial charge in [-0.05, 0) is 46.3 Å². The molecule has 0 saturated carbocycles. The van der Waals surface area contributed by atoms with Crippen LogP contribution in [0.5, 0.6) is 5.75 Å². The average Bonchev–Trinajstić information content (AvgIpc) is 2.41. The van der Waals surface area contributed by atoms with Gasteiger partial charge in [-0.2, -0.15) is 0 Å². The molecule has 1 aromatic carbocycles. The van der Waals surface area contributed by atoms with Crippen LogP contribution >= 0.6 is 27.7 Å². The summed E-state index contributed by atoms with van der Waals surface area (Å²) in [6.07, 6.45) is 1.58. The Bertz CT molecular complexity index is 601. The van der Waals surface area contributed by atoms with E-state index in [1.807, 2.05) is 24.3 Å². The van der Waals surface area contributed by atoms with Crippen LogP contribution in [-0.4, -0.2) is 23.2 Å². The first-order valence-electron chi connectivity index (χ1n) is 5.31. The molecular weight excluding hydrogens is 330 g/mol. The number of ether oxygens (including phenoxy) is 1. The highest BCUT2D eigenvalue weighted by molar-refractivity contribution is 9.10. The van der Waals surface area contributed by atoms with E-state index < -0.39 is 5.97 Å². The van der Waals surface area contributed by atoms with Crippen molar-refractivity contribution in [3.8, 4) is 5.75 Å². The molecule has 0 bridgehead atoms. The van der Waals surface area contributed by atoms with E-state index in [4.69, 9.17) is 9.84 Å². The molecule has 0 spiro atoms. The fourth-order valence-corrected chi connectivity index (χ4v) is 2.60. The Morgan fingerprint density at radius 3 is 2.63 bits per heavy atom. The second-order valence-corrected chi connectivity index (χ2v) is 5.57. The molecule has 0 atom stereocenters. The summed E-state index contributed by atoms with van der Waals surface area (Å²) in [5.41, 5.74) is 0.176. The Labute approximate surface area is 122 Å². The maximum Gasteiger partial charge on any atom is 0.338 e. The summed E-state index contributed by atoms with van der Waals surface area (Å²) in [6.45, 7) is 0. The lowest BCUT2D eigenvalue weighted by Crippen LogP contribution is -2.00. The highest BCUT2D eigenvalue weighted by Gasteiger charge is 2.13. The summed E-state index contributed by atoms with van der Waals surface area (Å²) in [5, 5.41) is 9.62. The maximum atomic E-state index is 11.2. The number of carbonyl (C=O) groups is 1. The lowest BCUT2D eigenvalue weighted by Gasteiger charge is -2.06. The van der Waals surface area contributed by atoms with E-state index in [-0.39, 0.29) is 5.56 Å². The first-order valence-corrected chi connectivity index (χ1v) is 6.92. The Morgan fingerprint density at radius 2 is 2.05 bits per heavy atom. The summed E-state index contributed by atoms with van der Waals surface area (Å²) in [6, 6.07) is 8.90. The minimum absolute atomic E-state index is 0.176. The van der Waals surface area contributed by atoms with Crippen LogP contribution in [0.1, 0.15) is 10.4 Å². The van der Waals surface area contributed by atoms with Crippen molar-refractivity contribution in [3.63, 3.8) is 0 Å². The van der Waals surface area contributed by atoms with Crippen LogP contribution in [-0.2, 0) is 0 Å². The summed E-state index contributed by atoms with van der Waals surface area (Å²) >= 11 is 4.52. The fraction of sp³-hybridized carbons (Fsp3) is 0.0769. The van der Waals surface area contributed by atoms with E-state index in [9.17, 15) is 4.79 Å². The van der Waals surface area contributed by atoms with Crippen LogP contribution in [0.4, 0.5) is 0 Å². The lowest BCUT2D eigenvalue weighted by atomic mass is 10.3. The fourth-order valence-electron chi connectivity index (χ4n) is 1.42. The molecule has 0 fully saturated rings.